The molecule has 0 aromatic heterocycles. The van der Waals surface area contributed by atoms with E-state index in [0.717, 1.165) is 92.8 Å². The number of nitrogens with one attached hydrogen (secondary N) is 1. The van der Waals surface area contributed by atoms with Gasteiger partial charge in [-0.2, -0.15) is 0 Å². The average molecular weight is 1450 g/mol. The Morgan fingerprint density at radius 3 is 0.936 bits per heavy atom. The molecule has 0 heterocycles. The van der Waals surface area contributed by atoms with Crippen molar-refractivity contribution in [3.05, 3.63) is 327 Å². The van der Waals surface area contributed by atoms with E-state index in [1.54, 1.807) is 123 Å². The Bertz CT molecular complexity index is 6570. The Balaban J connectivity index is 0.907. The second-order valence-corrected chi connectivity index (χ2v) is 27.7. The van der Waals surface area contributed by atoms with E-state index in [2.05, 4.69) is 5.32 Å². The summed E-state index contributed by atoms with van der Waals surface area (Å²) in [7, 11) is 3.19. The van der Waals surface area contributed by atoms with Crippen molar-refractivity contribution >= 4 is 128 Å². The van der Waals surface area contributed by atoms with E-state index >= 15 is 0 Å². The second-order valence-electron chi connectivity index (χ2n) is 27.7. The molecular weight excluding hydrogens is 1380 g/mol. The number of methoxy groups -OCH3 is 2. The van der Waals surface area contributed by atoms with E-state index in [9.17, 15) is 28.8 Å². The zero-order valence-corrected chi connectivity index (χ0v) is 61.2. The van der Waals surface area contributed by atoms with E-state index in [1.807, 2.05) is 175 Å². The highest BCUT2D eigenvalue weighted by Gasteiger charge is 2.27. The summed E-state index contributed by atoms with van der Waals surface area (Å²) in [5, 5.41) is 13.6. The van der Waals surface area contributed by atoms with Gasteiger partial charge in [-0.25, -0.2) is 24.0 Å². The minimum atomic E-state index is -0.859. The smallest absolute Gasteiger partial charge is 0.343 e. The van der Waals surface area contributed by atoms with Crippen LogP contribution in [-0.2, 0) is 6.61 Å². The van der Waals surface area contributed by atoms with Gasteiger partial charge >= 0.3 is 29.8 Å². The molecule has 0 aliphatic heterocycles. The van der Waals surface area contributed by atoms with E-state index in [-0.39, 0.29) is 74.8 Å². The molecule has 538 valence electrons. The third-order valence-electron chi connectivity index (χ3n) is 19.9. The minimum absolute atomic E-state index is 0.0260. The summed E-state index contributed by atoms with van der Waals surface area (Å²) in [5.74, 6) is -3.64. The second kappa shape index (κ2) is 28.9. The highest BCUT2D eigenvalue weighted by Crippen LogP contribution is 2.49. The van der Waals surface area contributed by atoms with E-state index in [4.69, 9.17) is 37.9 Å². The third kappa shape index (κ3) is 14.2. The normalized spacial score (nSPS) is 11.3. The summed E-state index contributed by atoms with van der Waals surface area (Å²) in [6.45, 7) is 11.6. The van der Waals surface area contributed by atoms with Gasteiger partial charge in [-0.3, -0.25) is 4.79 Å². The first-order chi connectivity index (χ1) is 53.2. The molecule has 0 radical (unpaired) electrons. The first-order valence-electron chi connectivity index (χ1n) is 35.7. The van der Waals surface area contributed by atoms with Gasteiger partial charge < -0.3 is 43.2 Å². The maximum Gasteiger partial charge on any atom is 0.343 e. The number of carbonyl (C=O) groups excluding carboxylic acids is 6. The number of esters is 5. The Hall–Kier alpha value is -14.2. The van der Waals surface area contributed by atoms with E-state index < -0.39 is 29.8 Å². The van der Waals surface area contributed by atoms with Crippen LogP contribution in [0.15, 0.2) is 255 Å². The van der Waals surface area contributed by atoms with E-state index in [1.165, 1.54) is 12.1 Å². The predicted octanol–water partition coefficient (Wildman–Crippen LogP) is 21.7. The molecule has 0 atom stereocenters. The van der Waals surface area contributed by atoms with Crippen molar-refractivity contribution in [2.75, 3.05) is 19.5 Å². The molecule has 110 heavy (non-hydrogen) atoms. The Morgan fingerprint density at radius 1 is 0.273 bits per heavy atom. The van der Waals surface area contributed by atoms with Gasteiger partial charge in [0.05, 0.1) is 42.0 Å². The number of benzene rings is 16. The molecule has 0 saturated heterocycles. The SMILES string of the molecule is COc1ccc2cc(COc3cc4c(cc3OC(=O)c3ccc5cc(OC)ccc5c3)c3cc(OC(=O)c5ccc6cc(C)ccc6c5)c(OC(=O)c5ccc6cc(C)ccc6c5)cc3c3cc(OC(=O)c5ccc6cc(C)ccc6c5)c(OC(=O)c5ccc(NC(=O)c6c(C)cc(C)cc6C)cc5)cc43)ccc2c1. The fourth-order valence-electron chi connectivity index (χ4n) is 14.3. The molecule has 0 saturated carbocycles. The molecule has 15 nitrogen and oxygen atoms in total. The lowest BCUT2D eigenvalue weighted by Crippen LogP contribution is -2.16. The van der Waals surface area contributed by atoms with Crippen LogP contribution in [0.1, 0.15) is 101 Å². The average Bonchev–Trinajstić information content (AvgIpc) is 0.721. The summed E-state index contributed by atoms with van der Waals surface area (Å²) >= 11 is 0. The van der Waals surface area contributed by atoms with Crippen LogP contribution in [0.4, 0.5) is 5.69 Å². The molecule has 0 aliphatic rings. The Morgan fingerprint density at radius 2 is 0.564 bits per heavy atom. The molecule has 16 aromatic carbocycles. The topological polar surface area (TPSA) is 188 Å². The lowest BCUT2D eigenvalue weighted by molar-refractivity contribution is 0.0683. The number of hydrogen-bond donors (Lipinski definition) is 1. The van der Waals surface area contributed by atoms with Crippen molar-refractivity contribution in [3.63, 3.8) is 0 Å². The molecule has 16 aromatic rings. The first-order valence-corrected chi connectivity index (χ1v) is 35.7. The van der Waals surface area contributed by atoms with Crippen LogP contribution in [0, 0.1) is 41.5 Å². The maximum absolute atomic E-state index is 15.0. The Kier molecular flexibility index (Phi) is 18.5. The van der Waals surface area contributed by atoms with Crippen molar-refractivity contribution in [2.45, 2.75) is 48.1 Å². The fraction of sp³-hybridized carbons (Fsp3) is 0.0947. The minimum Gasteiger partial charge on any atom is -0.497 e. The summed E-state index contributed by atoms with van der Waals surface area (Å²) < 4.78 is 50.4. The first kappa shape index (κ1) is 70.1. The molecule has 15 heteroatoms. The largest absolute Gasteiger partial charge is 0.497 e. The molecule has 0 spiro atoms. The molecule has 16 rings (SSSR count). The van der Waals surface area contributed by atoms with Crippen molar-refractivity contribution in [3.8, 4) is 46.0 Å². The van der Waals surface area contributed by atoms with Gasteiger partial charge in [-0.15, -0.1) is 0 Å². The number of hydrogen-bond acceptors (Lipinski definition) is 14. The quantitative estimate of drug-likeness (QED) is 0.0515. The highest BCUT2D eigenvalue weighted by molar-refractivity contribution is 6.27. The summed E-state index contributed by atoms with van der Waals surface area (Å²) in [6.07, 6.45) is 0. The molecular formula is C95H69NO14. The highest BCUT2D eigenvalue weighted by atomic mass is 16.6. The number of ether oxygens (including phenoxy) is 8. The molecule has 1 amide bonds. The molecule has 0 bridgehead atoms. The lowest BCUT2D eigenvalue weighted by Gasteiger charge is -2.20. The zero-order chi connectivity index (χ0) is 76.2. The fourth-order valence-corrected chi connectivity index (χ4v) is 14.3. The standard InChI is InChI=1S/C95H69NO14/c1-52-9-13-64-39-70(21-17-60(64)35-52)93(100)108-86-49-81-79(47-85(86)107-91(98)59-25-29-74(30-26-59)96-90(97)89-56(5)33-55(4)34-57(89)6)77-45-83(105-51-58-12-16-68-43-75(103-7)31-27-63(68)38-58)84(106-92(99)73-24-20-69-44-76(104-8)32-28-67(69)42-73)46-78(77)80-48-87(109-94(101)71-22-18-61-36-53(2)10-14-65(61)40-71)88(50-82(80)81)110-95(102)72-23-19-62-37-54(3)11-15-66(62)41-72/h9-50H,51H2,1-8H3,(H,96,97). The number of carbonyl (C=O) groups is 6. The lowest BCUT2D eigenvalue weighted by atomic mass is 9.93. The summed E-state index contributed by atoms with van der Waals surface area (Å²) in [4.78, 5) is 88.6. The van der Waals surface area contributed by atoms with Crippen LogP contribution in [0.3, 0.4) is 0 Å². The van der Waals surface area contributed by atoms with E-state index in [0.29, 0.717) is 55.1 Å². The van der Waals surface area contributed by atoms with Crippen LogP contribution in [0.2, 0.25) is 0 Å². The number of anilines is 1. The Labute approximate surface area is 631 Å². The van der Waals surface area contributed by atoms with Crippen molar-refractivity contribution in [1.29, 1.82) is 0 Å². The predicted molar refractivity (Wildman–Crippen MR) is 430 cm³/mol. The number of rotatable bonds is 17. The maximum atomic E-state index is 15.0. The molecule has 0 aliphatic carbocycles. The molecule has 0 fully saturated rings. The third-order valence-corrected chi connectivity index (χ3v) is 19.9. The van der Waals surface area contributed by atoms with Crippen LogP contribution in [0.5, 0.6) is 46.0 Å². The van der Waals surface area contributed by atoms with Crippen LogP contribution in [-0.4, -0.2) is 50.0 Å². The number of amides is 1. The van der Waals surface area contributed by atoms with Crippen LogP contribution in [0.25, 0.3) is 86.2 Å². The summed E-state index contributed by atoms with van der Waals surface area (Å²) in [5.41, 5.74) is 8.31. The van der Waals surface area contributed by atoms with Crippen molar-refractivity contribution < 1.29 is 66.7 Å². The summed E-state index contributed by atoms with van der Waals surface area (Å²) in [6, 6.07) is 75.2. The van der Waals surface area contributed by atoms with Gasteiger partial charge in [0.15, 0.2) is 34.5 Å². The molecule has 0 unspecified atom stereocenters. The monoisotopic (exact) mass is 1450 g/mol. The van der Waals surface area contributed by atoms with Gasteiger partial charge in [-0.05, 0) is 284 Å². The number of fused-ring (bicyclic) bond motifs is 11. The zero-order valence-electron chi connectivity index (χ0n) is 61.2. The number of aryl methyl sites for hydroxylation is 6. The van der Waals surface area contributed by atoms with Crippen molar-refractivity contribution in [2.24, 2.45) is 0 Å². The van der Waals surface area contributed by atoms with Gasteiger partial charge in [0.2, 0.25) is 0 Å². The van der Waals surface area contributed by atoms with Crippen LogP contribution >= 0.6 is 0 Å². The van der Waals surface area contributed by atoms with Gasteiger partial charge in [0, 0.05) is 11.3 Å². The van der Waals surface area contributed by atoms with Gasteiger partial charge in [-0.1, -0.05) is 138 Å². The van der Waals surface area contributed by atoms with Crippen LogP contribution < -0.4 is 43.2 Å². The van der Waals surface area contributed by atoms with Crippen molar-refractivity contribution in [1.82, 2.24) is 0 Å². The molecule has 1 N–H and O–H groups in total. The van der Waals surface area contributed by atoms with Gasteiger partial charge in [0.1, 0.15) is 18.1 Å². The van der Waals surface area contributed by atoms with Gasteiger partial charge in [0.25, 0.3) is 5.91 Å².